The standard InChI is InChI=1S/C13H24N2O3/c1-3-14-11-8-18-7-10(11)12(16)15-6-4-5-13(2,17)9-15/h10-11,14,17H,3-9H2,1-2H3. The molecule has 3 unspecified atom stereocenters. The summed E-state index contributed by atoms with van der Waals surface area (Å²) in [5.74, 6) is 0.0253. The van der Waals surface area contributed by atoms with Crippen LogP contribution in [0.3, 0.4) is 0 Å². The number of likely N-dealkylation sites (tertiary alicyclic amines) is 1. The zero-order valence-corrected chi connectivity index (χ0v) is 11.3. The molecule has 0 bridgehead atoms. The van der Waals surface area contributed by atoms with Gasteiger partial charge in [-0.25, -0.2) is 0 Å². The molecule has 2 saturated heterocycles. The van der Waals surface area contributed by atoms with E-state index in [9.17, 15) is 9.90 Å². The van der Waals surface area contributed by atoms with Crippen molar-refractivity contribution >= 4 is 5.91 Å². The van der Waals surface area contributed by atoms with Crippen molar-refractivity contribution in [2.75, 3.05) is 32.8 Å². The SMILES string of the molecule is CCNC1COCC1C(=O)N1CCCC(C)(O)C1. The third-order valence-corrected chi connectivity index (χ3v) is 3.85. The van der Waals surface area contributed by atoms with Gasteiger partial charge in [-0.15, -0.1) is 0 Å². The highest BCUT2D eigenvalue weighted by atomic mass is 16.5. The third-order valence-electron chi connectivity index (χ3n) is 3.85. The van der Waals surface area contributed by atoms with Crippen molar-refractivity contribution in [2.45, 2.75) is 38.3 Å². The maximum absolute atomic E-state index is 12.5. The fourth-order valence-corrected chi connectivity index (χ4v) is 2.90. The Morgan fingerprint density at radius 3 is 3.00 bits per heavy atom. The zero-order chi connectivity index (χ0) is 13.2. The largest absolute Gasteiger partial charge is 0.388 e. The highest BCUT2D eigenvalue weighted by molar-refractivity contribution is 5.80. The molecule has 18 heavy (non-hydrogen) atoms. The topological polar surface area (TPSA) is 61.8 Å². The highest BCUT2D eigenvalue weighted by Gasteiger charge is 2.39. The Kier molecular flexibility index (Phi) is 4.25. The van der Waals surface area contributed by atoms with E-state index in [1.165, 1.54) is 0 Å². The first-order chi connectivity index (χ1) is 8.53. The summed E-state index contributed by atoms with van der Waals surface area (Å²) in [6, 6.07) is 0.120. The minimum absolute atomic E-state index is 0.0983. The summed E-state index contributed by atoms with van der Waals surface area (Å²) in [6.45, 7) is 6.98. The van der Waals surface area contributed by atoms with E-state index in [-0.39, 0.29) is 17.9 Å². The molecule has 0 aliphatic carbocycles. The first-order valence-electron chi connectivity index (χ1n) is 6.86. The number of nitrogens with one attached hydrogen (secondary N) is 1. The van der Waals surface area contributed by atoms with Gasteiger partial charge in [-0.1, -0.05) is 6.92 Å². The molecule has 5 nitrogen and oxygen atoms in total. The van der Waals surface area contributed by atoms with E-state index in [0.29, 0.717) is 19.8 Å². The van der Waals surface area contributed by atoms with E-state index < -0.39 is 5.60 Å². The number of β-amino-alcohol motifs (C(OH)–C–C–N with tert-alkyl or cyclic N) is 1. The summed E-state index contributed by atoms with van der Waals surface area (Å²) >= 11 is 0. The molecule has 0 aromatic heterocycles. The van der Waals surface area contributed by atoms with Gasteiger partial charge >= 0.3 is 0 Å². The van der Waals surface area contributed by atoms with E-state index >= 15 is 0 Å². The number of aliphatic hydroxyl groups is 1. The maximum Gasteiger partial charge on any atom is 0.229 e. The molecule has 104 valence electrons. The van der Waals surface area contributed by atoms with E-state index in [1.807, 2.05) is 6.92 Å². The molecule has 0 aromatic rings. The third kappa shape index (κ3) is 3.02. The number of rotatable bonds is 3. The lowest BCUT2D eigenvalue weighted by Gasteiger charge is -2.38. The van der Waals surface area contributed by atoms with Gasteiger partial charge in [0.25, 0.3) is 0 Å². The second-order valence-corrected chi connectivity index (χ2v) is 5.67. The van der Waals surface area contributed by atoms with Crippen LogP contribution in [0.1, 0.15) is 26.7 Å². The minimum Gasteiger partial charge on any atom is -0.388 e. The van der Waals surface area contributed by atoms with Crippen LogP contribution >= 0.6 is 0 Å². The number of carbonyl (C=O) groups is 1. The average molecular weight is 256 g/mol. The van der Waals surface area contributed by atoms with Gasteiger partial charge in [0, 0.05) is 19.1 Å². The molecule has 2 rings (SSSR count). The monoisotopic (exact) mass is 256 g/mol. The van der Waals surface area contributed by atoms with Crippen LogP contribution in [0.25, 0.3) is 0 Å². The zero-order valence-electron chi connectivity index (χ0n) is 11.3. The molecule has 1 amide bonds. The van der Waals surface area contributed by atoms with Crippen molar-refractivity contribution in [3.05, 3.63) is 0 Å². The van der Waals surface area contributed by atoms with Crippen LogP contribution in [0.4, 0.5) is 0 Å². The lowest BCUT2D eigenvalue weighted by atomic mass is 9.93. The Morgan fingerprint density at radius 2 is 2.33 bits per heavy atom. The first kappa shape index (κ1) is 13.8. The van der Waals surface area contributed by atoms with Crippen LogP contribution in [0.5, 0.6) is 0 Å². The number of likely N-dealkylation sites (N-methyl/N-ethyl adjacent to an activating group) is 1. The second-order valence-electron chi connectivity index (χ2n) is 5.67. The second kappa shape index (κ2) is 5.55. The Bertz CT molecular complexity index is 307. The number of hydrogen-bond acceptors (Lipinski definition) is 4. The molecule has 5 heteroatoms. The Balaban J connectivity index is 1.97. The van der Waals surface area contributed by atoms with E-state index in [1.54, 1.807) is 11.8 Å². The van der Waals surface area contributed by atoms with Crippen LogP contribution in [0, 0.1) is 5.92 Å². The Labute approximate surface area is 108 Å². The quantitative estimate of drug-likeness (QED) is 0.745. The van der Waals surface area contributed by atoms with E-state index in [2.05, 4.69) is 5.32 Å². The summed E-state index contributed by atoms with van der Waals surface area (Å²) in [5, 5.41) is 13.4. The first-order valence-corrected chi connectivity index (χ1v) is 6.86. The normalized spacial score (nSPS) is 36.9. The molecule has 2 fully saturated rings. The lowest BCUT2D eigenvalue weighted by Crippen LogP contribution is -2.53. The van der Waals surface area contributed by atoms with Gasteiger partial charge in [-0.2, -0.15) is 0 Å². The van der Waals surface area contributed by atoms with Crippen molar-refractivity contribution in [3.63, 3.8) is 0 Å². The minimum atomic E-state index is -0.735. The predicted molar refractivity (Wildman–Crippen MR) is 68.2 cm³/mol. The molecule has 0 aromatic carbocycles. The number of hydrogen-bond donors (Lipinski definition) is 2. The van der Waals surface area contributed by atoms with E-state index in [4.69, 9.17) is 4.74 Å². The van der Waals surface area contributed by atoms with Gasteiger partial charge in [0.15, 0.2) is 0 Å². The van der Waals surface area contributed by atoms with E-state index in [0.717, 1.165) is 25.9 Å². The number of carbonyl (C=O) groups excluding carboxylic acids is 1. The average Bonchev–Trinajstić information content (AvgIpc) is 2.75. The molecule has 2 heterocycles. The number of piperidine rings is 1. The van der Waals surface area contributed by atoms with Gasteiger partial charge in [-0.05, 0) is 26.3 Å². The lowest BCUT2D eigenvalue weighted by molar-refractivity contribution is -0.142. The summed E-state index contributed by atoms with van der Waals surface area (Å²) in [4.78, 5) is 14.3. The molecule has 2 aliphatic rings. The maximum atomic E-state index is 12.5. The highest BCUT2D eigenvalue weighted by Crippen LogP contribution is 2.24. The number of ether oxygens (including phenoxy) is 1. The van der Waals surface area contributed by atoms with Crippen molar-refractivity contribution in [1.82, 2.24) is 10.2 Å². The summed E-state index contributed by atoms with van der Waals surface area (Å²) in [5.41, 5.74) is -0.735. The summed E-state index contributed by atoms with van der Waals surface area (Å²) in [7, 11) is 0. The van der Waals surface area contributed by atoms with Crippen molar-refractivity contribution in [2.24, 2.45) is 5.92 Å². The van der Waals surface area contributed by atoms with Crippen molar-refractivity contribution in [1.29, 1.82) is 0 Å². The number of amides is 1. The van der Waals surface area contributed by atoms with Gasteiger partial charge in [0.05, 0.1) is 24.7 Å². The van der Waals surface area contributed by atoms with Crippen LogP contribution in [0.15, 0.2) is 0 Å². The van der Waals surface area contributed by atoms with Crippen LogP contribution in [-0.4, -0.2) is 60.4 Å². The molecule has 0 radical (unpaired) electrons. The van der Waals surface area contributed by atoms with Gasteiger partial charge in [0.1, 0.15) is 0 Å². The molecule has 0 saturated carbocycles. The number of nitrogens with zero attached hydrogens (tertiary/aromatic N) is 1. The van der Waals surface area contributed by atoms with Crippen molar-refractivity contribution < 1.29 is 14.6 Å². The molecular weight excluding hydrogens is 232 g/mol. The fraction of sp³-hybridized carbons (Fsp3) is 0.923. The van der Waals surface area contributed by atoms with Crippen LogP contribution in [0.2, 0.25) is 0 Å². The van der Waals surface area contributed by atoms with Gasteiger partial charge in [-0.3, -0.25) is 4.79 Å². The summed E-state index contributed by atoms with van der Waals surface area (Å²) < 4.78 is 5.41. The fourth-order valence-electron chi connectivity index (χ4n) is 2.90. The summed E-state index contributed by atoms with van der Waals surface area (Å²) in [6.07, 6.45) is 1.65. The molecule has 2 aliphatic heterocycles. The smallest absolute Gasteiger partial charge is 0.229 e. The van der Waals surface area contributed by atoms with Crippen molar-refractivity contribution in [3.8, 4) is 0 Å². The molecular formula is C13H24N2O3. The van der Waals surface area contributed by atoms with Gasteiger partial charge < -0.3 is 20.1 Å². The van der Waals surface area contributed by atoms with Gasteiger partial charge in [0.2, 0.25) is 5.91 Å². The molecule has 0 spiro atoms. The molecule has 3 atom stereocenters. The Morgan fingerprint density at radius 1 is 1.56 bits per heavy atom. The predicted octanol–water partition coefficient (Wildman–Crippen LogP) is -0.0157. The molecule has 2 N–H and O–H groups in total. The Hall–Kier alpha value is -0.650. The van der Waals surface area contributed by atoms with Crippen LogP contribution in [-0.2, 0) is 9.53 Å². The van der Waals surface area contributed by atoms with Crippen LogP contribution < -0.4 is 5.32 Å².